The van der Waals surface area contributed by atoms with Gasteiger partial charge in [-0.3, -0.25) is 0 Å². The van der Waals surface area contributed by atoms with Crippen LogP contribution < -0.4 is 11.1 Å². The van der Waals surface area contributed by atoms with Crippen LogP contribution in [0.1, 0.15) is 25.0 Å². The zero-order valence-electron chi connectivity index (χ0n) is 11.7. The number of anilines is 1. The highest BCUT2D eigenvalue weighted by Gasteiger charge is 2.04. The largest absolute Gasteiger partial charge is 0.389 e. The van der Waals surface area contributed by atoms with E-state index >= 15 is 0 Å². The molecule has 0 heterocycles. The van der Waals surface area contributed by atoms with Crippen molar-refractivity contribution < 1.29 is 0 Å². The molecule has 3 N–H and O–H groups in total. The lowest BCUT2D eigenvalue weighted by molar-refractivity contribution is 0.284. The maximum absolute atomic E-state index is 5.64. The van der Waals surface area contributed by atoms with Gasteiger partial charge in [-0.2, -0.15) is 0 Å². The van der Waals surface area contributed by atoms with Crippen molar-refractivity contribution in [2.45, 2.75) is 26.8 Å². The molecule has 100 valence electrons. The molecule has 0 spiro atoms. The molecule has 0 saturated carbocycles. The average Bonchev–Trinajstić information content (AvgIpc) is 2.28. The zero-order chi connectivity index (χ0) is 13.7. The summed E-state index contributed by atoms with van der Waals surface area (Å²) in [5, 5.41) is 3.41. The number of hydrogen-bond acceptors (Lipinski definition) is 3. The van der Waals surface area contributed by atoms with Gasteiger partial charge in [0.1, 0.15) is 4.99 Å². The second kappa shape index (κ2) is 6.71. The summed E-state index contributed by atoms with van der Waals surface area (Å²) < 4.78 is 0. The summed E-state index contributed by atoms with van der Waals surface area (Å²) in [6, 6.07) is 6.66. The topological polar surface area (TPSA) is 41.3 Å². The van der Waals surface area contributed by atoms with Crippen molar-refractivity contribution in [3.63, 3.8) is 0 Å². The Balaban J connectivity index is 2.54. The minimum atomic E-state index is 0.457. The van der Waals surface area contributed by atoms with Gasteiger partial charge in [0.25, 0.3) is 0 Å². The maximum atomic E-state index is 5.64. The summed E-state index contributed by atoms with van der Waals surface area (Å²) in [5.41, 5.74) is 8.83. The third-order valence-corrected chi connectivity index (χ3v) is 3.39. The van der Waals surface area contributed by atoms with Gasteiger partial charge in [-0.15, -0.1) is 0 Å². The molecule has 0 fully saturated rings. The lowest BCUT2D eigenvalue weighted by Crippen LogP contribution is -2.31. The fraction of sp³-hybridized carbons (Fsp3) is 0.500. The van der Waals surface area contributed by atoms with Gasteiger partial charge in [0.05, 0.1) is 0 Å². The SMILES string of the molecule is Cc1cc(NCCN(C)C(C)C)ccc1C(N)=S. The summed E-state index contributed by atoms with van der Waals surface area (Å²) in [6.07, 6.45) is 0. The number of thiocarbonyl (C=S) groups is 1. The van der Waals surface area contributed by atoms with Gasteiger partial charge in [-0.1, -0.05) is 12.2 Å². The van der Waals surface area contributed by atoms with E-state index in [-0.39, 0.29) is 0 Å². The summed E-state index contributed by atoms with van der Waals surface area (Å²) in [6.45, 7) is 8.37. The van der Waals surface area contributed by atoms with Crippen LogP contribution >= 0.6 is 12.2 Å². The first kappa shape index (κ1) is 14.9. The van der Waals surface area contributed by atoms with Crippen LogP contribution in [0.4, 0.5) is 5.69 Å². The molecule has 0 aliphatic carbocycles. The smallest absolute Gasteiger partial charge is 0.104 e. The Morgan fingerprint density at radius 2 is 2.11 bits per heavy atom. The summed E-state index contributed by atoms with van der Waals surface area (Å²) in [7, 11) is 2.13. The number of likely N-dealkylation sites (N-methyl/N-ethyl adjacent to an activating group) is 1. The normalized spacial score (nSPS) is 11.0. The van der Waals surface area contributed by atoms with Gasteiger partial charge < -0.3 is 16.0 Å². The van der Waals surface area contributed by atoms with E-state index in [4.69, 9.17) is 18.0 Å². The first-order valence-electron chi connectivity index (χ1n) is 6.26. The number of benzene rings is 1. The molecule has 0 aromatic heterocycles. The lowest BCUT2D eigenvalue weighted by atomic mass is 10.1. The average molecular weight is 265 g/mol. The summed E-state index contributed by atoms with van der Waals surface area (Å²) in [4.78, 5) is 2.77. The molecule has 3 nitrogen and oxygen atoms in total. The molecule has 0 bridgehead atoms. The predicted molar refractivity (Wildman–Crippen MR) is 83.3 cm³/mol. The Labute approximate surface area is 115 Å². The molecular weight excluding hydrogens is 242 g/mol. The molecule has 1 rings (SSSR count). The first-order valence-corrected chi connectivity index (χ1v) is 6.67. The molecule has 1 aromatic carbocycles. The molecule has 4 heteroatoms. The number of rotatable bonds is 6. The van der Waals surface area contributed by atoms with E-state index in [1.54, 1.807) is 0 Å². The maximum Gasteiger partial charge on any atom is 0.104 e. The number of nitrogens with zero attached hydrogens (tertiary/aromatic N) is 1. The van der Waals surface area contributed by atoms with Crippen molar-refractivity contribution in [3.8, 4) is 0 Å². The second-order valence-corrected chi connectivity index (χ2v) is 5.33. The van der Waals surface area contributed by atoms with Crippen molar-refractivity contribution in [2.24, 2.45) is 5.73 Å². The van der Waals surface area contributed by atoms with E-state index in [9.17, 15) is 0 Å². The van der Waals surface area contributed by atoms with Crippen LogP contribution in [0.3, 0.4) is 0 Å². The Bertz CT molecular complexity index is 416. The van der Waals surface area contributed by atoms with E-state index < -0.39 is 0 Å². The monoisotopic (exact) mass is 265 g/mol. The molecule has 0 aliphatic heterocycles. The van der Waals surface area contributed by atoms with E-state index in [1.807, 2.05) is 19.1 Å². The third kappa shape index (κ3) is 4.27. The van der Waals surface area contributed by atoms with Crippen molar-refractivity contribution in [1.29, 1.82) is 0 Å². The van der Waals surface area contributed by atoms with Gasteiger partial charge in [-0.25, -0.2) is 0 Å². The highest BCUT2D eigenvalue weighted by atomic mass is 32.1. The summed E-state index contributed by atoms with van der Waals surface area (Å²) >= 11 is 4.99. The molecule has 0 amide bonds. The number of nitrogens with one attached hydrogen (secondary N) is 1. The van der Waals surface area contributed by atoms with Crippen molar-refractivity contribution in [3.05, 3.63) is 29.3 Å². The van der Waals surface area contributed by atoms with Gasteiger partial charge >= 0.3 is 0 Å². The van der Waals surface area contributed by atoms with Gasteiger partial charge in [0.15, 0.2) is 0 Å². The minimum Gasteiger partial charge on any atom is -0.389 e. The Kier molecular flexibility index (Phi) is 5.56. The Hall–Kier alpha value is -1.13. The third-order valence-electron chi connectivity index (χ3n) is 3.17. The predicted octanol–water partition coefficient (Wildman–Crippen LogP) is 2.38. The number of hydrogen-bond donors (Lipinski definition) is 2. The van der Waals surface area contributed by atoms with Gasteiger partial charge in [-0.05, 0) is 51.6 Å². The van der Waals surface area contributed by atoms with Crippen LogP contribution in [0.25, 0.3) is 0 Å². The van der Waals surface area contributed by atoms with E-state index in [0.29, 0.717) is 11.0 Å². The van der Waals surface area contributed by atoms with E-state index in [2.05, 4.69) is 37.2 Å². The van der Waals surface area contributed by atoms with Crippen LogP contribution in [-0.4, -0.2) is 36.1 Å². The molecule has 0 aliphatic rings. The van der Waals surface area contributed by atoms with E-state index in [1.165, 1.54) is 0 Å². The highest BCUT2D eigenvalue weighted by molar-refractivity contribution is 7.80. The fourth-order valence-corrected chi connectivity index (χ4v) is 1.91. The minimum absolute atomic E-state index is 0.457. The first-order chi connectivity index (χ1) is 8.41. The molecule has 1 aromatic rings. The highest BCUT2D eigenvalue weighted by Crippen LogP contribution is 2.14. The van der Waals surface area contributed by atoms with Crippen molar-refractivity contribution >= 4 is 22.9 Å². The van der Waals surface area contributed by atoms with Gasteiger partial charge in [0.2, 0.25) is 0 Å². The molecule has 0 unspecified atom stereocenters. The molecule has 0 saturated heterocycles. The van der Waals surface area contributed by atoms with E-state index in [0.717, 1.165) is 29.9 Å². The molecule has 0 radical (unpaired) electrons. The molecular formula is C14H23N3S. The van der Waals surface area contributed by atoms with Crippen molar-refractivity contribution in [2.75, 3.05) is 25.5 Å². The number of nitrogens with two attached hydrogens (primary N) is 1. The van der Waals surface area contributed by atoms with Crippen LogP contribution in [0.5, 0.6) is 0 Å². The van der Waals surface area contributed by atoms with Crippen LogP contribution in [-0.2, 0) is 0 Å². The fourth-order valence-electron chi connectivity index (χ4n) is 1.68. The number of aryl methyl sites for hydroxylation is 1. The van der Waals surface area contributed by atoms with Crippen molar-refractivity contribution in [1.82, 2.24) is 4.90 Å². The molecule has 18 heavy (non-hydrogen) atoms. The quantitative estimate of drug-likeness (QED) is 0.775. The standard InChI is InChI=1S/C14H23N3S/c1-10(2)17(4)8-7-16-12-5-6-13(14(15)18)11(3)9-12/h5-6,9-10,16H,7-8H2,1-4H3,(H2,15,18). The Morgan fingerprint density at radius 1 is 1.44 bits per heavy atom. The lowest BCUT2D eigenvalue weighted by Gasteiger charge is -2.21. The molecule has 0 atom stereocenters. The summed E-state index contributed by atoms with van der Waals surface area (Å²) in [5.74, 6) is 0. The zero-order valence-corrected chi connectivity index (χ0v) is 12.5. The van der Waals surface area contributed by atoms with Crippen LogP contribution in [0, 0.1) is 6.92 Å². The van der Waals surface area contributed by atoms with Gasteiger partial charge in [0, 0.05) is 30.4 Å². The van der Waals surface area contributed by atoms with Crippen LogP contribution in [0.2, 0.25) is 0 Å². The second-order valence-electron chi connectivity index (χ2n) is 4.90. The van der Waals surface area contributed by atoms with Crippen LogP contribution in [0.15, 0.2) is 18.2 Å². The Morgan fingerprint density at radius 3 is 2.61 bits per heavy atom.